The van der Waals surface area contributed by atoms with Crippen LogP contribution in [0.2, 0.25) is 0 Å². The van der Waals surface area contributed by atoms with Crippen molar-refractivity contribution >= 4 is 11.9 Å². The van der Waals surface area contributed by atoms with Crippen LogP contribution < -0.4 is 20.1 Å². The van der Waals surface area contributed by atoms with Gasteiger partial charge in [0.2, 0.25) is 0 Å². The first-order chi connectivity index (χ1) is 20.7. The van der Waals surface area contributed by atoms with E-state index >= 15 is 0 Å². The maximum Gasteiger partial charge on any atom is 0.331 e. The molecular weight excluding hydrogens is 564 g/mol. The third-order valence-corrected chi connectivity index (χ3v) is 6.09. The normalized spacial score (nSPS) is 13.4. The molecule has 0 fully saturated rings. The van der Waals surface area contributed by atoms with E-state index in [2.05, 4.69) is 10.6 Å². The monoisotopic (exact) mass is 614 g/mol. The molecule has 0 aliphatic carbocycles. The van der Waals surface area contributed by atoms with Crippen LogP contribution >= 0.6 is 0 Å². The molecule has 10 nitrogen and oxygen atoms in total. The number of aliphatic hydroxyl groups excluding tert-OH is 2. The first kappa shape index (κ1) is 36.8. The molecule has 0 radical (unpaired) electrons. The lowest BCUT2D eigenvalue weighted by Crippen LogP contribution is -2.42. The number of aliphatic hydroxyl groups is 2. The molecule has 0 spiro atoms. The van der Waals surface area contributed by atoms with Gasteiger partial charge in [-0.2, -0.15) is 0 Å². The highest BCUT2D eigenvalue weighted by atomic mass is 16.5. The number of ether oxygens (including phenoxy) is 4. The molecule has 0 bridgehead atoms. The van der Waals surface area contributed by atoms with Crippen LogP contribution in [0.1, 0.15) is 52.7 Å². The van der Waals surface area contributed by atoms with Gasteiger partial charge in [0.15, 0.2) is 0 Å². The zero-order chi connectivity index (χ0) is 32.6. The number of carbonyl (C=O) groups is 2. The van der Waals surface area contributed by atoms with Gasteiger partial charge in [0.25, 0.3) is 0 Å². The fraction of sp³-hybridized carbons (Fsp3) is 0.529. The zero-order valence-electron chi connectivity index (χ0n) is 26.9. The van der Waals surface area contributed by atoms with E-state index in [0.29, 0.717) is 37.4 Å². The molecule has 2 aromatic rings. The lowest BCUT2D eigenvalue weighted by atomic mass is 10.1. The maximum absolute atomic E-state index is 12.0. The van der Waals surface area contributed by atoms with Crippen molar-refractivity contribution in [3.8, 4) is 11.5 Å². The topological polar surface area (TPSA) is 136 Å². The Hall–Kier alpha value is -3.44. The Morgan fingerprint density at radius 3 is 1.32 bits per heavy atom. The van der Waals surface area contributed by atoms with Crippen molar-refractivity contribution in [3.63, 3.8) is 0 Å². The van der Waals surface area contributed by atoms with Crippen molar-refractivity contribution < 1.29 is 38.7 Å². The molecule has 2 aromatic carbocycles. The van der Waals surface area contributed by atoms with Gasteiger partial charge >= 0.3 is 11.9 Å². The number of carbonyl (C=O) groups excluding carboxylic acids is 2. The molecule has 44 heavy (non-hydrogen) atoms. The standard InChI is InChI=1S/C34H50N2O8/c1-33(2,3)35-21-27(37)23-43-29-11-7-25(8-12-29)17-19-41-31(39)15-16-32(40)42-20-18-26-9-13-30(14-10-26)44-24-28(38)22-36-34(4,5)6/h7-16,27-28,35-38H,17-24H2,1-6H3/b16-15-. The second-order valence-electron chi connectivity index (χ2n) is 12.6. The van der Waals surface area contributed by atoms with E-state index in [1.807, 2.05) is 65.8 Å². The summed E-state index contributed by atoms with van der Waals surface area (Å²) in [6, 6.07) is 14.7. The summed E-state index contributed by atoms with van der Waals surface area (Å²) in [5.74, 6) is 0.0257. The van der Waals surface area contributed by atoms with Crippen molar-refractivity contribution in [2.24, 2.45) is 0 Å². The molecule has 4 N–H and O–H groups in total. The highest BCUT2D eigenvalue weighted by molar-refractivity contribution is 5.91. The van der Waals surface area contributed by atoms with Crippen LogP contribution in [-0.4, -0.2) is 85.0 Å². The van der Waals surface area contributed by atoms with E-state index in [4.69, 9.17) is 18.9 Å². The second kappa shape index (κ2) is 18.4. The quantitative estimate of drug-likeness (QED) is 0.146. The van der Waals surface area contributed by atoms with Gasteiger partial charge in [-0.05, 0) is 76.9 Å². The Morgan fingerprint density at radius 1 is 0.659 bits per heavy atom. The van der Waals surface area contributed by atoms with Gasteiger partial charge in [-0.1, -0.05) is 24.3 Å². The first-order valence-electron chi connectivity index (χ1n) is 15.0. The SMILES string of the molecule is CC(C)(C)NCC(O)COc1ccc(CCOC(=O)/C=C\C(=O)OCCc2ccc(OCC(O)CNC(C)(C)C)cc2)cc1. The molecule has 2 atom stereocenters. The minimum absolute atomic E-state index is 0.0755. The van der Waals surface area contributed by atoms with E-state index in [-0.39, 0.29) is 37.5 Å². The number of hydrogen-bond acceptors (Lipinski definition) is 10. The van der Waals surface area contributed by atoms with E-state index in [1.54, 1.807) is 24.3 Å². The van der Waals surface area contributed by atoms with Crippen LogP contribution in [0.3, 0.4) is 0 Å². The Labute approximate surface area is 261 Å². The Balaban J connectivity index is 1.59. The van der Waals surface area contributed by atoms with Crippen LogP contribution in [0.5, 0.6) is 11.5 Å². The summed E-state index contributed by atoms with van der Waals surface area (Å²) < 4.78 is 21.6. The average Bonchev–Trinajstić information content (AvgIpc) is 2.96. The summed E-state index contributed by atoms with van der Waals surface area (Å²) in [5, 5.41) is 26.6. The Bertz CT molecular complexity index is 1060. The largest absolute Gasteiger partial charge is 0.491 e. The minimum Gasteiger partial charge on any atom is -0.491 e. The van der Waals surface area contributed by atoms with Gasteiger partial charge in [0.05, 0.1) is 13.2 Å². The first-order valence-corrected chi connectivity index (χ1v) is 15.0. The van der Waals surface area contributed by atoms with Crippen LogP contribution in [-0.2, 0) is 31.9 Å². The minimum atomic E-state index is -0.630. The molecule has 0 saturated heterocycles. The van der Waals surface area contributed by atoms with Crippen molar-refractivity contribution in [1.29, 1.82) is 0 Å². The summed E-state index contributed by atoms with van der Waals surface area (Å²) in [4.78, 5) is 23.9. The molecular formula is C34H50N2O8. The fourth-order valence-electron chi connectivity index (χ4n) is 3.63. The molecule has 2 unspecified atom stereocenters. The van der Waals surface area contributed by atoms with Crippen LogP contribution in [0.4, 0.5) is 0 Å². The third-order valence-electron chi connectivity index (χ3n) is 6.09. The van der Waals surface area contributed by atoms with Gasteiger partial charge in [0.1, 0.15) is 36.9 Å². The lowest BCUT2D eigenvalue weighted by Gasteiger charge is -2.23. The maximum atomic E-state index is 12.0. The summed E-state index contributed by atoms with van der Waals surface area (Å²) in [6.07, 6.45) is 1.87. The van der Waals surface area contributed by atoms with Gasteiger partial charge < -0.3 is 39.8 Å². The number of β-amino-alcohol motifs (C(OH)–C–C–N with tert-alkyl or cyclic N) is 2. The molecule has 0 amide bonds. The van der Waals surface area contributed by atoms with Gasteiger partial charge in [-0.3, -0.25) is 0 Å². The lowest BCUT2D eigenvalue weighted by molar-refractivity contribution is -0.140. The van der Waals surface area contributed by atoms with E-state index in [9.17, 15) is 19.8 Å². The summed E-state index contributed by atoms with van der Waals surface area (Å²) in [6.45, 7) is 13.7. The Kier molecular flexibility index (Phi) is 15.4. The van der Waals surface area contributed by atoms with Gasteiger partial charge in [-0.25, -0.2) is 9.59 Å². The summed E-state index contributed by atoms with van der Waals surface area (Å²) in [5.41, 5.74) is 1.75. The molecule has 0 saturated carbocycles. The second-order valence-corrected chi connectivity index (χ2v) is 12.6. The summed E-state index contributed by atoms with van der Waals surface area (Å²) >= 11 is 0. The highest BCUT2D eigenvalue weighted by Gasteiger charge is 2.14. The summed E-state index contributed by atoms with van der Waals surface area (Å²) in [7, 11) is 0. The zero-order valence-corrected chi connectivity index (χ0v) is 26.9. The van der Waals surface area contributed by atoms with E-state index in [1.165, 1.54) is 0 Å². The average molecular weight is 615 g/mol. The van der Waals surface area contributed by atoms with Crippen molar-refractivity contribution in [3.05, 3.63) is 71.8 Å². The Morgan fingerprint density at radius 2 is 1.00 bits per heavy atom. The number of nitrogens with one attached hydrogen (secondary N) is 2. The van der Waals surface area contributed by atoms with Crippen LogP contribution in [0.25, 0.3) is 0 Å². The van der Waals surface area contributed by atoms with Crippen molar-refractivity contribution in [2.45, 2.75) is 77.7 Å². The number of rotatable bonds is 18. The molecule has 10 heteroatoms. The van der Waals surface area contributed by atoms with E-state index < -0.39 is 24.1 Å². The molecule has 244 valence electrons. The van der Waals surface area contributed by atoms with Crippen molar-refractivity contribution in [1.82, 2.24) is 10.6 Å². The van der Waals surface area contributed by atoms with Gasteiger partial charge in [-0.15, -0.1) is 0 Å². The smallest absolute Gasteiger partial charge is 0.331 e. The highest BCUT2D eigenvalue weighted by Crippen LogP contribution is 2.14. The fourth-order valence-corrected chi connectivity index (χ4v) is 3.63. The molecule has 0 aliphatic heterocycles. The van der Waals surface area contributed by atoms with Crippen LogP contribution in [0.15, 0.2) is 60.7 Å². The van der Waals surface area contributed by atoms with E-state index in [0.717, 1.165) is 23.3 Å². The predicted molar refractivity (Wildman–Crippen MR) is 170 cm³/mol. The molecule has 0 heterocycles. The number of esters is 2. The third kappa shape index (κ3) is 17.6. The van der Waals surface area contributed by atoms with Crippen LogP contribution in [0, 0.1) is 0 Å². The number of hydrogen-bond donors (Lipinski definition) is 4. The predicted octanol–water partition coefficient (Wildman–Crippen LogP) is 3.37. The molecule has 2 rings (SSSR count). The van der Waals surface area contributed by atoms with Crippen molar-refractivity contribution in [2.75, 3.05) is 39.5 Å². The molecule has 0 aliphatic rings. The number of benzene rings is 2. The van der Waals surface area contributed by atoms with Gasteiger partial charge in [0, 0.05) is 49.2 Å². The molecule has 0 aromatic heterocycles.